The maximum absolute atomic E-state index is 12.2. The van der Waals surface area contributed by atoms with Crippen molar-refractivity contribution in [2.45, 2.75) is 19.3 Å². The maximum atomic E-state index is 12.2. The largest absolute Gasteiger partial charge is 0.355 e. The Morgan fingerprint density at radius 2 is 2.00 bits per heavy atom. The van der Waals surface area contributed by atoms with Crippen LogP contribution in [0.25, 0.3) is 0 Å². The van der Waals surface area contributed by atoms with Crippen molar-refractivity contribution < 1.29 is 9.59 Å². The smallest absolute Gasteiger partial charge is 0.264 e. The Labute approximate surface area is 135 Å². The predicted octanol–water partition coefficient (Wildman–Crippen LogP) is 1.42. The molecule has 1 aromatic rings. The van der Waals surface area contributed by atoms with Crippen molar-refractivity contribution in [1.82, 2.24) is 15.1 Å². The average Bonchev–Trinajstić information content (AvgIpc) is 2.99. The molecule has 1 saturated carbocycles. The zero-order chi connectivity index (χ0) is 15.4. The third-order valence-corrected chi connectivity index (χ3v) is 5.45. The number of thiophene rings is 1. The van der Waals surface area contributed by atoms with E-state index in [0.29, 0.717) is 6.54 Å². The van der Waals surface area contributed by atoms with Gasteiger partial charge in [-0.3, -0.25) is 14.5 Å². The molecule has 3 rings (SSSR count). The van der Waals surface area contributed by atoms with Gasteiger partial charge in [0.25, 0.3) is 5.91 Å². The van der Waals surface area contributed by atoms with E-state index in [1.807, 2.05) is 22.4 Å². The van der Waals surface area contributed by atoms with Crippen molar-refractivity contribution in [3.63, 3.8) is 0 Å². The van der Waals surface area contributed by atoms with Gasteiger partial charge in [0.2, 0.25) is 5.91 Å². The normalized spacial score (nSPS) is 19.7. The fourth-order valence-corrected chi connectivity index (χ4v) is 3.57. The van der Waals surface area contributed by atoms with Gasteiger partial charge in [0.05, 0.1) is 4.88 Å². The molecular formula is C16H23N3O2S. The zero-order valence-electron chi connectivity index (χ0n) is 12.8. The number of piperazine rings is 1. The molecule has 1 aromatic heterocycles. The molecule has 1 aliphatic heterocycles. The van der Waals surface area contributed by atoms with E-state index in [2.05, 4.69) is 10.2 Å². The Bertz CT molecular complexity index is 505. The van der Waals surface area contributed by atoms with Gasteiger partial charge in [-0.15, -0.1) is 11.3 Å². The van der Waals surface area contributed by atoms with Crippen LogP contribution in [-0.4, -0.2) is 60.9 Å². The summed E-state index contributed by atoms with van der Waals surface area (Å²) in [4.78, 5) is 29.1. The van der Waals surface area contributed by atoms with Gasteiger partial charge in [-0.25, -0.2) is 0 Å². The molecule has 0 radical (unpaired) electrons. The summed E-state index contributed by atoms with van der Waals surface area (Å²) in [5.74, 6) is 0.631. The molecular weight excluding hydrogens is 298 g/mol. The lowest BCUT2D eigenvalue weighted by molar-refractivity contribution is -0.127. The van der Waals surface area contributed by atoms with Crippen LogP contribution in [0.15, 0.2) is 17.5 Å². The third kappa shape index (κ3) is 3.67. The standard InChI is InChI=1S/C16H23N3O2S/c20-15(13-3-1-4-13)17-6-7-18-8-10-19(11-9-18)16(21)14-5-2-12-22-14/h2,5,12-13H,1,3-4,6-11H2,(H,17,20). The molecule has 0 spiro atoms. The van der Waals surface area contributed by atoms with E-state index >= 15 is 0 Å². The molecule has 2 aliphatic rings. The Balaban J connectivity index is 1.35. The van der Waals surface area contributed by atoms with E-state index < -0.39 is 0 Å². The lowest BCUT2D eigenvalue weighted by Gasteiger charge is -2.34. The number of nitrogens with one attached hydrogen (secondary N) is 1. The van der Waals surface area contributed by atoms with Crippen molar-refractivity contribution in [3.8, 4) is 0 Å². The topological polar surface area (TPSA) is 52.7 Å². The first-order valence-electron chi connectivity index (χ1n) is 8.07. The number of carbonyl (C=O) groups excluding carboxylic acids is 2. The van der Waals surface area contributed by atoms with E-state index in [4.69, 9.17) is 0 Å². The third-order valence-electron chi connectivity index (χ3n) is 4.59. The molecule has 0 atom stereocenters. The first-order chi connectivity index (χ1) is 10.7. The summed E-state index contributed by atoms with van der Waals surface area (Å²) in [5, 5.41) is 4.97. The summed E-state index contributed by atoms with van der Waals surface area (Å²) in [7, 11) is 0. The number of amides is 2. The lowest BCUT2D eigenvalue weighted by atomic mass is 9.85. The summed E-state index contributed by atoms with van der Waals surface area (Å²) in [6, 6.07) is 3.80. The van der Waals surface area contributed by atoms with Gasteiger partial charge in [-0.1, -0.05) is 12.5 Å². The van der Waals surface area contributed by atoms with E-state index in [1.54, 1.807) is 0 Å². The van der Waals surface area contributed by atoms with Crippen molar-refractivity contribution in [1.29, 1.82) is 0 Å². The molecule has 22 heavy (non-hydrogen) atoms. The Morgan fingerprint density at radius 3 is 2.59 bits per heavy atom. The molecule has 2 amide bonds. The van der Waals surface area contributed by atoms with Crippen LogP contribution < -0.4 is 5.32 Å². The molecule has 1 saturated heterocycles. The van der Waals surface area contributed by atoms with Gasteiger partial charge in [-0.2, -0.15) is 0 Å². The number of hydrogen-bond donors (Lipinski definition) is 1. The summed E-state index contributed by atoms with van der Waals surface area (Å²) in [6.07, 6.45) is 3.29. The number of carbonyl (C=O) groups is 2. The van der Waals surface area contributed by atoms with Crippen molar-refractivity contribution in [2.75, 3.05) is 39.3 Å². The van der Waals surface area contributed by atoms with E-state index in [1.165, 1.54) is 17.8 Å². The van der Waals surface area contributed by atoms with Crippen LogP contribution >= 0.6 is 11.3 Å². The second-order valence-corrected chi connectivity index (χ2v) is 6.98. The van der Waals surface area contributed by atoms with Gasteiger partial charge >= 0.3 is 0 Å². The number of rotatable bonds is 5. The van der Waals surface area contributed by atoms with Crippen LogP contribution in [0, 0.1) is 5.92 Å². The molecule has 120 valence electrons. The summed E-state index contributed by atoms with van der Waals surface area (Å²) in [5.41, 5.74) is 0. The predicted molar refractivity (Wildman–Crippen MR) is 87.0 cm³/mol. The van der Waals surface area contributed by atoms with Gasteiger partial charge in [0, 0.05) is 45.2 Å². The van der Waals surface area contributed by atoms with Crippen LogP contribution in [0.1, 0.15) is 28.9 Å². The van der Waals surface area contributed by atoms with Gasteiger partial charge < -0.3 is 10.2 Å². The highest BCUT2D eigenvalue weighted by Crippen LogP contribution is 2.26. The first-order valence-corrected chi connectivity index (χ1v) is 8.95. The van der Waals surface area contributed by atoms with Crippen molar-refractivity contribution in [2.24, 2.45) is 5.92 Å². The first kappa shape index (κ1) is 15.5. The van der Waals surface area contributed by atoms with Gasteiger partial charge in [-0.05, 0) is 24.3 Å². The number of nitrogens with zero attached hydrogens (tertiary/aromatic N) is 2. The second kappa shape index (κ2) is 7.24. The maximum Gasteiger partial charge on any atom is 0.264 e. The van der Waals surface area contributed by atoms with E-state index in [9.17, 15) is 9.59 Å². The minimum atomic E-state index is 0.146. The van der Waals surface area contributed by atoms with E-state index in [0.717, 1.165) is 50.4 Å². The summed E-state index contributed by atoms with van der Waals surface area (Å²) >= 11 is 1.50. The molecule has 5 nitrogen and oxygen atoms in total. The molecule has 6 heteroatoms. The van der Waals surface area contributed by atoms with Crippen LogP contribution in [0.5, 0.6) is 0 Å². The fourth-order valence-electron chi connectivity index (χ4n) is 2.88. The Morgan fingerprint density at radius 1 is 1.23 bits per heavy atom. The van der Waals surface area contributed by atoms with Gasteiger partial charge in [0.15, 0.2) is 0 Å². The number of hydrogen-bond acceptors (Lipinski definition) is 4. The Hall–Kier alpha value is -1.40. The lowest BCUT2D eigenvalue weighted by Crippen LogP contribution is -2.50. The zero-order valence-corrected chi connectivity index (χ0v) is 13.6. The SMILES string of the molecule is O=C(NCCN1CCN(C(=O)c2cccs2)CC1)C1CCC1. The van der Waals surface area contributed by atoms with Crippen molar-refractivity contribution >= 4 is 23.2 Å². The summed E-state index contributed by atoms with van der Waals surface area (Å²) < 4.78 is 0. The monoisotopic (exact) mass is 321 g/mol. The molecule has 2 heterocycles. The van der Waals surface area contributed by atoms with Crippen LogP contribution in [0.2, 0.25) is 0 Å². The average molecular weight is 321 g/mol. The van der Waals surface area contributed by atoms with Crippen molar-refractivity contribution in [3.05, 3.63) is 22.4 Å². The Kier molecular flexibility index (Phi) is 5.10. The van der Waals surface area contributed by atoms with Crippen LogP contribution in [0.3, 0.4) is 0 Å². The minimum absolute atomic E-state index is 0.146. The van der Waals surface area contributed by atoms with Crippen LogP contribution in [0.4, 0.5) is 0 Å². The molecule has 0 bridgehead atoms. The second-order valence-electron chi connectivity index (χ2n) is 6.03. The molecule has 0 unspecified atom stereocenters. The summed E-state index contributed by atoms with van der Waals surface area (Å²) in [6.45, 7) is 4.90. The highest BCUT2D eigenvalue weighted by molar-refractivity contribution is 7.12. The quantitative estimate of drug-likeness (QED) is 0.892. The molecule has 1 aliphatic carbocycles. The molecule has 0 aromatic carbocycles. The van der Waals surface area contributed by atoms with Crippen LogP contribution in [-0.2, 0) is 4.79 Å². The van der Waals surface area contributed by atoms with E-state index in [-0.39, 0.29) is 17.7 Å². The fraction of sp³-hybridized carbons (Fsp3) is 0.625. The highest BCUT2D eigenvalue weighted by atomic mass is 32.1. The minimum Gasteiger partial charge on any atom is -0.355 e. The van der Waals surface area contributed by atoms with Gasteiger partial charge in [0.1, 0.15) is 0 Å². The molecule has 1 N–H and O–H groups in total. The molecule has 2 fully saturated rings. The highest BCUT2D eigenvalue weighted by Gasteiger charge is 2.25.